The van der Waals surface area contributed by atoms with Crippen LogP contribution >= 0.6 is 0 Å². The number of carbonyl (C=O) groups is 2. The Morgan fingerprint density at radius 2 is 2.00 bits per heavy atom. The Balaban J connectivity index is 2.03. The zero-order valence-electron chi connectivity index (χ0n) is 11.8. The third kappa shape index (κ3) is 4.75. The molecule has 6 nitrogen and oxygen atoms in total. The predicted octanol–water partition coefficient (Wildman–Crippen LogP) is 1.63. The number of nitrogens with zero attached hydrogens (tertiary/aromatic N) is 1. The second-order valence-electron chi connectivity index (χ2n) is 4.96. The summed E-state index contributed by atoms with van der Waals surface area (Å²) in [6.45, 7) is 2.32. The highest BCUT2D eigenvalue weighted by atomic mass is 16.5. The molecular formula is C15H20N2O4. The SMILES string of the molecule is O=C(O)CC(NC(=O)N1CCCOCC1)c1ccccc1. The molecule has 114 valence electrons. The number of benzene rings is 1. The van der Waals surface area contributed by atoms with Gasteiger partial charge >= 0.3 is 12.0 Å². The monoisotopic (exact) mass is 292 g/mol. The van der Waals surface area contributed by atoms with E-state index in [9.17, 15) is 9.59 Å². The van der Waals surface area contributed by atoms with Crippen LogP contribution in [0.3, 0.4) is 0 Å². The highest BCUT2D eigenvalue weighted by molar-refractivity contribution is 5.76. The lowest BCUT2D eigenvalue weighted by molar-refractivity contribution is -0.137. The summed E-state index contributed by atoms with van der Waals surface area (Å²) >= 11 is 0. The molecule has 1 aromatic rings. The third-order valence-corrected chi connectivity index (χ3v) is 3.39. The quantitative estimate of drug-likeness (QED) is 0.884. The molecule has 1 aliphatic heterocycles. The summed E-state index contributed by atoms with van der Waals surface area (Å²) in [6, 6.07) is 8.39. The zero-order chi connectivity index (χ0) is 15.1. The standard InChI is InChI=1S/C15H20N2O4/c18-14(19)11-13(12-5-2-1-3-6-12)16-15(20)17-7-4-9-21-10-8-17/h1-3,5-6,13H,4,7-11H2,(H,16,20)(H,18,19). The molecule has 1 heterocycles. The van der Waals surface area contributed by atoms with Crippen LogP contribution in [0.25, 0.3) is 0 Å². The number of amides is 2. The minimum absolute atomic E-state index is 0.139. The Hall–Kier alpha value is -2.08. The fraction of sp³-hybridized carbons (Fsp3) is 0.467. The Morgan fingerprint density at radius 1 is 1.24 bits per heavy atom. The van der Waals surface area contributed by atoms with Gasteiger partial charge in [0.15, 0.2) is 0 Å². The predicted molar refractivity (Wildman–Crippen MR) is 77.0 cm³/mol. The van der Waals surface area contributed by atoms with Gasteiger partial charge in [-0.15, -0.1) is 0 Å². The van der Waals surface area contributed by atoms with E-state index in [1.165, 1.54) is 0 Å². The first kappa shape index (κ1) is 15.3. The molecular weight excluding hydrogens is 272 g/mol. The molecule has 0 bridgehead atoms. The second kappa shape index (κ2) is 7.64. The Labute approximate surface area is 123 Å². The van der Waals surface area contributed by atoms with Crippen molar-refractivity contribution in [3.8, 4) is 0 Å². The molecule has 0 radical (unpaired) electrons. The summed E-state index contributed by atoms with van der Waals surface area (Å²) < 4.78 is 5.31. The first-order valence-electron chi connectivity index (χ1n) is 7.07. The fourth-order valence-corrected chi connectivity index (χ4v) is 2.30. The van der Waals surface area contributed by atoms with Gasteiger partial charge in [-0.05, 0) is 12.0 Å². The molecule has 1 atom stereocenters. The van der Waals surface area contributed by atoms with Crippen LogP contribution in [0.1, 0.15) is 24.4 Å². The van der Waals surface area contributed by atoms with Crippen LogP contribution in [-0.2, 0) is 9.53 Å². The molecule has 2 amide bonds. The topological polar surface area (TPSA) is 78.9 Å². The Bertz CT molecular complexity index is 470. The van der Waals surface area contributed by atoms with Gasteiger partial charge in [0.2, 0.25) is 0 Å². The van der Waals surface area contributed by atoms with Crippen molar-refractivity contribution in [2.45, 2.75) is 18.9 Å². The molecule has 2 rings (SSSR count). The number of carboxylic acid groups (broad SMARTS) is 1. The van der Waals surface area contributed by atoms with Gasteiger partial charge in [-0.1, -0.05) is 30.3 Å². The number of ether oxygens (including phenoxy) is 1. The summed E-state index contributed by atoms with van der Waals surface area (Å²) in [5.41, 5.74) is 0.791. The van der Waals surface area contributed by atoms with Crippen molar-refractivity contribution >= 4 is 12.0 Å². The van der Waals surface area contributed by atoms with E-state index in [4.69, 9.17) is 9.84 Å². The van der Waals surface area contributed by atoms with Gasteiger partial charge in [-0.3, -0.25) is 4.79 Å². The molecule has 21 heavy (non-hydrogen) atoms. The number of hydrogen-bond acceptors (Lipinski definition) is 3. The zero-order valence-corrected chi connectivity index (χ0v) is 11.8. The van der Waals surface area contributed by atoms with Crippen molar-refractivity contribution < 1.29 is 19.4 Å². The van der Waals surface area contributed by atoms with E-state index in [0.29, 0.717) is 26.3 Å². The number of carbonyl (C=O) groups excluding carboxylic acids is 1. The van der Waals surface area contributed by atoms with Crippen molar-refractivity contribution in [3.05, 3.63) is 35.9 Å². The van der Waals surface area contributed by atoms with Gasteiger partial charge in [0.05, 0.1) is 19.1 Å². The maximum Gasteiger partial charge on any atom is 0.317 e. The van der Waals surface area contributed by atoms with Crippen LogP contribution in [0.15, 0.2) is 30.3 Å². The van der Waals surface area contributed by atoms with Crippen LogP contribution in [-0.4, -0.2) is 48.3 Å². The van der Waals surface area contributed by atoms with Gasteiger partial charge in [0, 0.05) is 19.7 Å². The van der Waals surface area contributed by atoms with Gasteiger partial charge in [-0.25, -0.2) is 4.79 Å². The molecule has 0 aromatic heterocycles. The van der Waals surface area contributed by atoms with Crippen molar-refractivity contribution in [2.24, 2.45) is 0 Å². The van der Waals surface area contributed by atoms with E-state index < -0.39 is 12.0 Å². The van der Waals surface area contributed by atoms with Crippen LogP contribution < -0.4 is 5.32 Å². The fourth-order valence-electron chi connectivity index (χ4n) is 2.30. The minimum Gasteiger partial charge on any atom is -0.481 e. The number of nitrogens with one attached hydrogen (secondary N) is 1. The summed E-state index contributed by atoms with van der Waals surface area (Å²) in [6.07, 6.45) is 0.655. The number of aliphatic carboxylic acids is 1. The van der Waals surface area contributed by atoms with Crippen molar-refractivity contribution in [3.63, 3.8) is 0 Å². The van der Waals surface area contributed by atoms with E-state index in [1.807, 2.05) is 30.3 Å². The normalized spacial score (nSPS) is 16.9. The summed E-state index contributed by atoms with van der Waals surface area (Å²) in [7, 11) is 0. The van der Waals surface area contributed by atoms with Gasteiger partial charge in [-0.2, -0.15) is 0 Å². The second-order valence-corrected chi connectivity index (χ2v) is 4.96. The first-order valence-corrected chi connectivity index (χ1v) is 7.07. The molecule has 1 aromatic carbocycles. The lowest BCUT2D eigenvalue weighted by atomic mass is 10.0. The number of hydrogen-bond donors (Lipinski definition) is 2. The van der Waals surface area contributed by atoms with Crippen molar-refractivity contribution in [1.82, 2.24) is 10.2 Å². The highest BCUT2D eigenvalue weighted by Gasteiger charge is 2.22. The van der Waals surface area contributed by atoms with Crippen molar-refractivity contribution in [1.29, 1.82) is 0 Å². The summed E-state index contributed by atoms with van der Waals surface area (Å²) in [5, 5.41) is 11.8. The summed E-state index contributed by atoms with van der Waals surface area (Å²) in [4.78, 5) is 25.0. The molecule has 1 fully saturated rings. The number of urea groups is 1. The molecule has 1 unspecified atom stereocenters. The smallest absolute Gasteiger partial charge is 0.317 e. The van der Waals surface area contributed by atoms with Crippen LogP contribution in [0.2, 0.25) is 0 Å². The van der Waals surface area contributed by atoms with Gasteiger partial charge < -0.3 is 20.1 Å². The molecule has 1 saturated heterocycles. The minimum atomic E-state index is -0.941. The highest BCUT2D eigenvalue weighted by Crippen LogP contribution is 2.17. The molecule has 1 aliphatic rings. The number of carboxylic acids is 1. The van der Waals surface area contributed by atoms with E-state index in [-0.39, 0.29) is 12.5 Å². The Kier molecular flexibility index (Phi) is 5.57. The van der Waals surface area contributed by atoms with Crippen LogP contribution in [0.4, 0.5) is 4.79 Å². The molecule has 2 N–H and O–H groups in total. The summed E-state index contributed by atoms with van der Waals surface area (Å²) in [5.74, 6) is -0.941. The average Bonchev–Trinajstić information content (AvgIpc) is 2.76. The van der Waals surface area contributed by atoms with Gasteiger partial charge in [0.25, 0.3) is 0 Å². The van der Waals surface area contributed by atoms with Gasteiger partial charge in [0.1, 0.15) is 0 Å². The first-order chi connectivity index (χ1) is 10.2. The average molecular weight is 292 g/mol. The Morgan fingerprint density at radius 3 is 2.71 bits per heavy atom. The largest absolute Gasteiger partial charge is 0.481 e. The number of rotatable bonds is 4. The molecule has 0 spiro atoms. The lowest BCUT2D eigenvalue weighted by Crippen LogP contribution is -2.43. The van der Waals surface area contributed by atoms with Crippen LogP contribution in [0.5, 0.6) is 0 Å². The lowest BCUT2D eigenvalue weighted by Gasteiger charge is -2.24. The maximum atomic E-state index is 12.3. The van der Waals surface area contributed by atoms with E-state index in [0.717, 1.165) is 12.0 Å². The van der Waals surface area contributed by atoms with E-state index in [2.05, 4.69) is 5.32 Å². The van der Waals surface area contributed by atoms with Crippen molar-refractivity contribution in [2.75, 3.05) is 26.3 Å². The van der Waals surface area contributed by atoms with E-state index >= 15 is 0 Å². The molecule has 0 saturated carbocycles. The van der Waals surface area contributed by atoms with E-state index in [1.54, 1.807) is 4.90 Å². The molecule has 6 heteroatoms. The maximum absolute atomic E-state index is 12.3. The van der Waals surface area contributed by atoms with Crippen LogP contribution in [0, 0.1) is 0 Å². The third-order valence-electron chi connectivity index (χ3n) is 3.39. The molecule has 0 aliphatic carbocycles.